The number of amidine groups is 1. The van der Waals surface area contributed by atoms with Gasteiger partial charge < -0.3 is 15.1 Å². The Hall–Kier alpha value is -4.17. The molecule has 3 heterocycles. The summed E-state index contributed by atoms with van der Waals surface area (Å²) in [6, 6.07) is 17.7. The number of carbonyl (C=O) groups is 1. The van der Waals surface area contributed by atoms with E-state index in [1.165, 1.54) is 0 Å². The Balaban J connectivity index is 1.33. The van der Waals surface area contributed by atoms with Crippen LogP contribution in [0.3, 0.4) is 0 Å². The van der Waals surface area contributed by atoms with E-state index in [9.17, 15) is 4.79 Å². The van der Waals surface area contributed by atoms with Crippen LogP contribution in [0.5, 0.6) is 0 Å². The fraction of sp³-hybridized carbons (Fsp3) is 0.192. The van der Waals surface area contributed by atoms with Crippen molar-refractivity contribution < 1.29 is 14.0 Å². The van der Waals surface area contributed by atoms with Crippen molar-refractivity contribution in [3.8, 4) is 0 Å². The summed E-state index contributed by atoms with van der Waals surface area (Å²) in [6.45, 7) is 4.80. The number of fused-ring (bicyclic) bond motifs is 2. The first-order chi connectivity index (χ1) is 16.6. The zero-order chi connectivity index (χ0) is 23.5. The number of hydrogen-bond acceptors (Lipinski definition) is 7. The number of furan rings is 1. The summed E-state index contributed by atoms with van der Waals surface area (Å²) in [5.74, 6) is 0.652. The van der Waals surface area contributed by atoms with Gasteiger partial charge in [-0.3, -0.25) is 19.6 Å². The fourth-order valence-corrected chi connectivity index (χ4v) is 3.84. The zero-order valence-electron chi connectivity index (χ0n) is 19.0. The average molecular weight is 456 g/mol. The maximum atomic E-state index is 12.8. The third-order valence-corrected chi connectivity index (χ3v) is 5.41. The average Bonchev–Trinajstić information content (AvgIpc) is 3.41. The molecule has 0 saturated carbocycles. The van der Waals surface area contributed by atoms with Crippen molar-refractivity contribution in [3.05, 3.63) is 89.4 Å². The molecule has 4 aromatic rings. The van der Waals surface area contributed by atoms with Crippen LogP contribution in [-0.2, 0) is 18.0 Å². The molecular weight excluding hydrogens is 430 g/mol. The Morgan fingerprint density at radius 1 is 1.15 bits per heavy atom. The van der Waals surface area contributed by atoms with Gasteiger partial charge in [0.2, 0.25) is 5.76 Å². The Kier molecular flexibility index (Phi) is 5.97. The topological polar surface area (TPSA) is 101 Å². The number of carbonyl (C=O) groups excluding carboxylic acids is 1. The van der Waals surface area contributed by atoms with Crippen molar-refractivity contribution in [1.82, 2.24) is 15.8 Å². The van der Waals surface area contributed by atoms with E-state index in [1.54, 1.807) is 12.4 Å². The van der Waals surface area contributed by atoms with Gasteiger partial charge in [0.25, 0.3) is 5.91 Å². The van der Waals surface area contributed by atoms with Gasteiger partial charge in [0.15, 0.2) is 11.4 Å². The summed E-state index contributed by atoms with van der Waals surface area (Å²) in [5, 5.41) is 7.05. The molecule has 5 rings (SSSR count). The standard InChI is InChI=1S/C26H25N5O3/c1-16(2)29-26(32)24-23(21-10-11-27-14-22(21)34-24)30-19-8-9-20-18(12-19)13-28-25(20)31-33-15-17-6-4-3-5-7-17/h3-12,14,16,30H,13,15H2,1-2H3,(H,28,31)(H,29,32). The lowest BCUT2D eigenvalue weighted by Crippen LogP contribution is -2.30. The van der Waals surface area contributed by atoms with Gasteiger partial charge in [-0.1, -0.05) is 30.3 Å². The van der Waals surface area contributed by atoms with Crippen molar-refractivity contribution in [2.45, 2.75) is 33.0 Å². The number of anilines is 2. The largest absolute Gasteiger partial charge is 0.447 e. The molecule has 0 bridgehead atoms. The van der Waals surface area contributed by atoms with Crippen LogP contribution in [-0.4, -0.2) is 22.8 Å². The van der Waals surface area contributed by atoms with Crippen LogP contribution < -0.4 is 16.1 Å². The van der Waals surface area contributed by atoms with Gasteiger partial charge in [-0.2, -0.15) is 0 Å². The summed E-state index contributed by atoms with van der Waals surface area (Å²) in [7, 11) is 0. The molecule has 0 saturated heterocycles. The summed E-state index contributed by atoms with van der Waals surface area (Å²) in [5.41, 5.74) is 8.08. The van der Waals surface area contributed by atoms with Crippen LogP contribution >= 0.6 is 0 Å². The van der Waals surface area contributed by atoms with Gasteiger partial charge in [0, 0.05) is 28.9 Å². The fourth-order valence-electron chi connectivity index (χ4n) is 3.84. The molecule has 8 nitrogen and oxygen atoms in total. The molecule has 0 radical (unpaired) electrons. The molecule has 2 aromatic heterocycles. The van der Waals surface area contributed by atoms with Gasteiger partial charge in [-0.05, 0) is 49.2 Å². The Morgan fingerprint density at radius 2 is 2.00 bits per heavy atom. The van der Waals surface area contributed by atoms with Crippen molar-refractivity contribution in [2.75, 3.05) is 5.32 Å². The van der Waals surface area contributed by atoms with Gasteiger partial charge in [-0.25, -0.2) is 5.48 Å². The number of nitrogens with zero attached hydrogens (tertiary/aromatic N) is 2. The molecule has 1 aliphatic rings. The van der Waals surface area contributed by atoms with Crippen molar-refractivity contribution >= 4 is 34.1 Å². The minimum atomic E-state index is -0.278. The van der Waals surface area contributed by atoms with Crippen LogP contribution in [0.2, 0.25) is 0 Å². The molecule has 0 spiro atoms. The molecule has 3 N–H and O–H groups in total. The van der Waals surface area contributed by atoms with E-state index >= 15 is 0 Å². The molecule has 1 aliphatic heterocycles. The molecule has 172 valence electrons. The Bertz CT molecular complexity index is 1360. The van der Waals surface area contributed by atoms with E-state index in [1.807, 2.05) is 68.4 Å². The van der Waals surface area contributed by atoms with Crippen molar-refractivity contribution in [1.29, 1.82) is 0 Å². The third kappa shape index (κ3) is 4.49. The third-order valence-electron chi connectivity index (χ3n) is 5.41. The zero-order valence-corrected chi connectivity index (χ0v) is 19.0. The quantitative estimate of drug-likeness (QED) is 0.350. The maximum absolute atomic E-state index is 12.8. The summed E-state index contributed by atoms with van der Waals surface area (Å²) in [6.07, 6.45) is 3.29. The molecule has 8 heteroatoms. The van der Waals surface area contributed by atoms with Crippen LogP contribution in [0.15, 0.2) is 76.4 Å². The second-order valence-corrected chi connectivity index (χ2v) is 8.34. The second-order valence-electron chi connectivity index (χ2n) is 8.34. The SMILES string of the molecule is CC(C)NC(=O)c1oc2cnccc2c1Nc1ccc2c(c1)CN=C2NOCc1ccccc1. The summed E-state index contributed by atoms with van der Waals surface area (Å²) < 4.78 is 5.84. The summed E-state index contributed by atoms with van der Waals surface area (Å²) >= 11 is 0. The number of rotatable bonds is 7. The predicted octanol–water partition coefficient (Wildman–Crippen LogP) is 4.69. The molecule has 1 amide bonds. The van der Waals surface area contributed by atoms with Crippen molar-refractivity contribution in [3.63, 3.8) is 0 Å². The highest BCUT2D eigenvalue weighted by atomic mass is 16.6. The highest BCUT2D eigenvalue weighted by molar-refractivity contribution is 6.07. The van der Waals surface area contributed by atoms with E-state index in [0.717, 1.165) is 27.8 Å². The lowest BCUT2D eigenvalue weighted by atomic mass is 10.1. The number of aromatic nitrogens is 1. The van der Waals surface area contributed by atoms with E-state index in [0.29, 0.717) is 30.3 Å². The maximum Gasteiger partial charge on any atom is 0.289 e. The normalized spacial score (nSPS) is 12.5. The van der Waals surface area contributed by atoms with Crippen LogP contribution in [0, 0.1) is 0 Å². The Labute approximate surface area is 197 Å². The van der Waals surface area contributed by atoms with E-state index in [2.05, 4.69) is 26.1 Å². The minimum Gasteiger partial charge on any atom is -0.447 e. The molecule has 0 atom stereocenters. The number of pyridine rings is 1. The van der Waals surface area contributed by atoms with Gasteiger partial charge in [-0.15, -0.1) is 0 Å². The monoisotopic (exact) mass is 455 g/mol. The first-order valence-electron chi connectivity index (χ1n) is 11.1. The first-order valence-corrected chi connectivity index (χ1v) is 11.1. The molecule has 2 aromatic carbocycles. The molecule has 0 unspecified atom stereocenters. The number of nitrogens with one attached hydrogen (secondary N) is 3. The first kappa shape index (κ1) is 21.7. The lowest BCUT2D eigenvalue weighted by molar-refractivity contribution is 0.0716. The van der Waals surface area contributed by atoms with Crippen molar-refractivity contribution in [2.24, 2.45) is 4.99 Å². The highest BCUT2D eigenvalue weighted by Gasteiger charge is 2.23. The highest BCUT2D eigenvalue weighted by Crippen LogP contribution is 2.34. The number of aliphatic imine (C=N–C) groups is 1. The molecule has 0 fully saturated rings. The number of benzene rings is 2. The molecular formula is C26H25N5O3. The smallest absolute Gasteiger partial charge is 0.289 e. The second kappa shape index (κ2) is 9.36. The van der Waals surface area contributed by atoms with E-state index < -0.39 is 0 Å². The Morgan fingerprint density at radius 3 is 2.82 bits per heavy atom. The van der Waals surface area contributed by atoms with E-state index in [4.69, 9.17) is 9.25 Å². The minimum absolute atomic E-state index is 0.0149. The van der Waals surface area contributed by atoms with Gasteiger partial charge in [0.05, 0.1) is 25.0 Å². The summed E-state index contributed by atoms with van der Waals surface area (Å²) in [4.78, 5) is 27.1. The molecule has 34 heavy (non-hydrogen) atoms. The number of amides is 1. The van der Waals surface area contributed by atoms with Gasteiger partial charge >= 0.3 is 0 Å². The predicted molar refractivity (Wildman–Crippen MR) is 131 cm³/mol. The molecule has 0 aliphatic carbocycles. The number of hydrogen-bond donors (Lipinski definition) is 3. The van der Waals surface area contributed by atoms with Crippen LogP contribution in [0.25, 0.3) is 11.0 Å². The van der Waals surface area contributed by atoms with Crippen LogP contribution in [0.4, 0.5) is 11.4 Å². The van der Waals surface area contributed by atoms with Crippen LogP contribution in [0.1, 0.15) is 41.1 Å². The van der Waals surface area contributed by atoms with Gasteiger partial charge in [0.1, 0.15) is 0 Å². The lowest BCUT2D eigenvalue weighted by Gasteiger charge is -2.12. The number of hydroxylamine groups is 1. The van der Waals surface area contributed by atoms with E-state index in [-0.39, 0.29) is 17.7 Å².